The quantitative estimate of drug-likeness (QED) is 0.726. The minimum atomic E-state index is -0.561. The van der Waals surface area contributed by atoms with Crippen LogP contribution in [0.3, 0.4) is 0 Å². The van der Waals surface area contributed by atoms with Crippen LogP contribution in [0.5, 0.6) is 0 Å². The van der Waals surface area contributed by atoms with Crippen LogP contribution in [-0.4, -0.2) is 38.1 Å². The third-order valence-corrected chi connectivity index (χ3v) is 3.66. The molecule has 1 rings (SSSR count). The number of nitrogens with one attached hydrogen (secondary N) is 2. The van der Waals surface area contributed by atoms with Crippen LogP contribution in [0.1, 0.15) is 33.6 Å². The van der Waals surface area contributed by atoms with Gasteiger partial charge in [-0.15, -0.1) is 0 Å². The molecule has 5 heteroatoms. The van der Waals surface area contributed by atoms with Gasteiger partial charge < -0.3 is 15.4 Å². The number of esters is 1. The standard InChI is InChI=1S/C13H24N2O3/c1-9(2)10(11(16)18-4)15-12(17)13(3)5-7-14-8-6-13/h9-10,14H,5-8H2,1-4H3,(H,15,17). The van der Waals surface area contributed by atoms with Gasteiger partial charge in [0.1, 0.15) is 6.04 Å². The molecule has 1 aliphatic rings. The Morgan fingerprint density at radius 2 is 1.83 bits per heavy atom. The first-order valence-corrected chi connectivity index (χ1v) is 6.50. The summed E-state index contributed by atoms with van der Waals surface area (Å²) in [7, 11) is 1.34. The van der Waals surface area contributed by atoms with Gasteiger partial charge in [0.25, 0.3) is 0 Å². The lowest BCUT2D eigenvalue weighted by molar-refractivity contribution is -0.148. The van der Waals surface area contributed by atoms with E-state index in [-0.39, 0.29) is 23.2 Å². The third-order valence-electron chi connectivity index (χ3n) is 3.66. The average molecular weight is 256 g/mol. The van der Waals surface area contributed by atoms with Gasteiger partial charge in [-0.2, -0.15) is 0 Å². The van der Waals surface area contributed by atoms with Crippen molar-refractivity contribution in [3.05, 3.63) is 0 Å². The van der Waals surface area contributed by atoms with Crippen LogP contribution < -0.4 is 10.6 Å². The van der Waals surface area contributed by atoms with Crippen molar-refractivity contribution >= 4 is 11.9 Å². The fraction of sp³-hybridized carbons (Fsp3) is 0.846. The number of methoxy groups -OCH3 is 1. The number of carbonyl (C=O) groups excluding carboxylic acids is 2. The Hall–Kier alpha value is -1.10. The van der Waals surface area contributed by atoms with Crippen molar-refractivity contribution in [2.45, 2.75) is 39.7 Å². The van der Waals surface area contributed by atoms with Gasteiger partial charge in [0.15, 0.2) is 0 Å². The van der Waals surface area contributed by atoms with Gasteiger partial charge >= 0.3 is 5.97 Å². The summed E-state index contributed by atoms with van der Waals surface area (Å²) in [6.07, 6.45) is 1.59. The van der Waals surface area contributed by atoms with Crippen LogP contribution in [-0.2, 0) is 14.3 Å². The first-order chi connectivity index (χ1) is 8.40. The number of hydrogen-bond donors (Lipinski definition) is 2. The molecule has 1 atom stereocenters. The van der Waals surface area contributed by atoms with E-state index < -0.39 is 6.04 Å². The highest BCUT2D eigenvalue weighted by atomic mass is 16.5. The van der Waals surface area contributed by atoms with E-state index in [0.717, 1.165) is 25.9 Å². The van der Waals surface area contributed by atoms with Gasteiger partial charge in [-0.3, -0.25) is 4.79 Å². The third kappa shape index (κ3) is 3.45. The summed E-state index contributed by atoms with van der Waals surface area (Å²) in [5.74, 6) is -0.407. The number of ether oxygens (including phenoxy) is 1. The minimum absolute atomic E-state index is 0.0201. The molecule has 0 saturated carbocycles. The van der Waals surface area contributed by atoms with Crippen molar-refractivity contribution in [3.8, 4) is 0 Å². The Morgan fingerprint density at radius 1 is 1.28 bits per heavy atom. The molecule has 18 heavy (non-hydrogen) atoms. The van der Waals surface area contributed by atoms with E-state index in [2.05, 4.69) is 10.6 Å². The van der Waals surface area contributed by atoms with Gasteiger partial charge in [0.2, 0.25) is 5.91 Å². The predicted octanol–water partition coefficient (Wildman–Crippen LogP) is 0.690. The molecule has 1 amide bonds. The molecule has 5 nitrogen and oxygen atoms in total. The van der Waals surface area contributed by atoms with Crippen molar-refractivity contribution in [1.29, 1.82) is 0 Å². The van der Waals surface area contributed by atoms with Crippen LogP contribution in [0, 0.1) is 11.3 Å². The first kappa shape index (κ1) is 15.0. The van der Waals surface area contributed by atoms with Crippen LogP contribution in [0.4, 0.5) is 0 Å². The summed E-state index contributed by atoms with van der Waals surface area (Å²) < 4.78 is 4.73. The molecule has 1 saturated heterocycles. The normalized spacial score (nSPS) is 20.3. The number of rotatable bonds is 4. The van der Waals surface area contributed by atoms with E-state index in [1.807, 2.05) is 20.8 Å². The van der Waals surface area contributed by atoms with Crippen LogP contribution >= 0.6 is 0 Å². The fourth-order valence-electron chi connectivity index (χ4n) is 2.15. The zero-order valence-corrected chi connectivity index (χ0v) is 11.7. The van der Waals surface area contributed by atoms with Crippen LogP contribution in [0.25, 0.3) is 0 Å². The number of carbonyl (C=O) groups is 2. The largest absolute Gasteiger partial charge is 0.467 e. The minimum Gasteiger partial charge on any atom is -0.467 e. The highest BCUT2D eigenvalue weighted by molar-refractivity contribution is 5.88. The van der Waals surface area contributed by atoms with E-state index in [1.54, 1.807) is 0 Å². The fourth-order valence-corrected chi connectivity index (χ4v) is 2.15. The summed E-state index contributed by atoms with van der Waals surface area (Å²) in [6, 6.07) is -0.561. The zero-order valence-electron chi connectivity index (χ0n) is 11.7. The van der Waals surface area contributed by atoms with Crippen molar-refractivity contribution in [3.63, 3.8) is 0 Å². The molecule has 0 aromatic heterocycles. The van der Waals surface area contributed by atoms with E-state index >= 15 is 0 Å². The van der Waals surface area contributed by atoms with Crippen LogP contribution in [0.15, 0.2) is 0 Å². The van der Waals surface area contributed by atoms with E-state index in [0.29, 0.717) is 0 Å². The van der Waals surface area contributed by atoms with Crippen molar-refractivity contribution < 1.29 is 14.3 Å². The maximum absolute atomic E-state index is 12.3. The van der Waals surface area contributed by atoms with E-state index in [9.17, 15) is 9.59 Å². The topological polar surface area (TPSA) is 67.4 Å². The molecular weight excluding hydrogens is 232 g/mol. The number of piperidine rings is 1. The average Bonchev–Trinajstić information content (AvgIpc) is 2.35. The summed E-state index contributed by atoms with van der Waals surface area (Å²) in [4.78, 5) is 23.9. The van der Waals surface area contributed by atoms with E-state index in [1.165, 1.54) is 7.11 Å². The highest BCUT2D eigenvalue weighted by Gasteiger charge is 2.37. The Bertz CT molecular complexity index is 309. The van der Waals surface area contributed by atoms with Gasteiger partial charge in [-0.25, -0.2) is 4.79 Å². The van der Waals surface area contributed by atoms with Gasteiger partial charge in [-0.05, 0) is 31.8 Å². The molecule has 0 bridgehead atoms. The lowest BCUT2D eigenvalue weighted by Crippen LogP contribution is -2.52. The molecule has 1 heterocycles. The molecule has 104 valence electrons. The Labute approximate surface area is 109 Å². The van der Waals surface area contributed by atoms with Gasteiger partial charge in [0.05, 0.1) is 7.11 Å². The van der Waals surface area contributed by atoms with Crippen LogP contribution in [0.2, 0.25) is 0 Å². The molecule has 0 radical (unpaired) electrons. The smallest absolute Gasteiger partial charge is 0.328 e. The predicted molar refractivity (Wildman–Crippen MR) is 69.0 cm³/mol. The Kier molecular flexibility index (Phi) is 5.14. The Morgan fingerprint density at radius 3 is 2.28 bits per heavy atom. The van der Waals surface area contributed by atoms with Gasteiger partial charge in [-0.1, -0.05) is 20.8 Å². The molecule has 1 unspecified atom stereocenters. The number of hydrogen-bond acceptors (Lipinski definition) is 4. The lowest BCUT2D eigenvalue weighted by Gasteiger charge is -2.34. The van der Waals surface area contributed by atoms with Gasteiger partial charge in [0, 0.05) is 5.41 Å². The van der Waals surface area contributed by atoms with Crippen molar-refractivity contribution in [1.82, 2.24) is 10.6 Å². The molecule has 0 aromatic carbocycles. The van der Waals surface area contributed by atoms with E-state index in [4.69, 9.17) is 4.74 Å². The first-order valence-electron chi connectivity index (χ1n) is 6.50. The molecule has 2 N–H and O–H groups in total. The maximum atomic E-state index is 12.3. The number of amides is 1. The van der Waals surface area contributed by atoms with Crippen molar-refractivity contribution in [2.75, 3.05) is 20.2 Å². The zero-order chi connectivity index (χ0) is 13.8. The molecular formula is C13H24N2O3. The SMILES string of the molecule is COC(=O)C(NC(=O)C1(C)CCNCC1)C(C)C. The molecule has 0 spiro atoms. The second-order valence-corrected chi connectivity index (χ2v) is 5.53. The second kappa shape index (κ2) is 6.18. The molecule has 1 fully saturated rings. The van der Waals surface area contributed by atoms with Crippen molar-refractivity contribution in [2.24, 2.45) is 11.3 Å². The second-order valence-electron chi connectivity index (χ2n) is 5.53. The summed E-state index contributed by atoms with van der Waals surface area (Å²) in [5, 5.41) is 6.07. The lowest BCUT2D eigenvalue weighted by atomic mass is 9.80. The molecule has 0 aromatic rings. The molecule has 1 aliphatic heterocycles. The summed E-state index contributed by atoms with van der Waals surface area (Å²) >= 11 is 0. The maximum Gasteiger partial charge on any atom is 0.328 e. The summed E-state index contributed by atoms with van der Waals surface area (Å²) in [5.41, 5.74) is -0.383. The molecule has 0 aliphatic carbocycles. The Balaban J connectivity index is 2.68. The monoisotopic (exact) mass is 256 g/mol. The highest BCUT2D eigenvalue weighted by Crippen LogP contribution is 2.28. The summed E-state index contributed by atoms with van der Waals surface area (Å²) in [6.45, 7) is 7.43.